The summed E-state index contributed by atoms with van der Waals surface area (Å²) in [6.07, 6.45) is 2.75. The molecule has 0 amide bonds. The Kier molecular flexibility index (Phi) is 5.14. The van der Waals surface area contributed by atoms with E-state index in [4.69, 9.17) is 9.73 Å². The minimum atomic E-state index is -4.25. The molecule has 0 aromatic heterocycles. The number of benzene rings is 4. The molecule has 0 N–H and O–H groups in total. The molecule has 36 heavy (non-hydrogen) atoms. The number of hydrogen-bond donors (Lipinski definition) is 0. The smallest absolute Gasteiger partial charge is 0.228 e. The summed E-state index contributed by atoms with van der Waals surface area (Å²) in [5.41, 5.74) is 1.63. The fourth-order valence-corrected chi connectivity index (χ4v) is 6.41. The predicted octanol–water partition coefficient (Wildman–Crippen LogP) is 5.91. The van der Waals surface area contributed by atoms with Gasteiger partial charge in [-0.05, 0) is 49.1 Å². The van der Waals surface area contributed by atoms with Gasteiger partial charge in [0.25, 0.3) is 0 Å². The van der Waals surface area contributed by atoms with Gasteiger partial charge in [-0.25, -0.2) is 8.42 Å². The van der Waals surface area contributed by atoms with E-state index in [9.17, 15) is 13.0 Å². The third kappa shape index (κ3) is 3.33. The van der Waals surface area contributed by atoms with Crippen LogP contribution >= 0.6 is 0 Å². The molecule has 2 aliphatic rings. The summed E-state index contributed by atoms with van der Waals surface area (Å²) in [7, 11) is -4.25. The van der Waals surface area contributed by atoms with Gasteiger partial charge in [0.05, 0.1) is 21.7 Å². The highest BCUT2D eigenvalue weighted by atomic mass is 32.2. The lowest BCUT2D eigenvalue weighted by Gasteiger charge is -2.46. The summed E-state index contributed by atoms with van der Waals surface area (Å²) in [5.74, 6) is 0.382. The van der Waals surface area contributed by atoms with Crippen molar-refractivity contribution < 1.29 is 17.7 Å². The third-order valence-corrected chi connectivity index (χ3v) is 8.46. The molecule has 1 unspecified atom stereocenters. The Morgan fingerprint density at radius 3 is 2.19 bits per heavy atom. The van der Waals surface area contributed by atoms with Gasteiger partial charge >= 0.3 is 0 Å². The second-order valence-electron chi connectivity index (χ2n) is 10.1. The van der Waals surface area contributed by atoms with Crippen molar-refractivity contribution in [2.45, 2.75) is 37.8 Å². The van der Waals surface area contributed by atoms with Crippen LogP contribution in [-0.2, 0) is 15.5 Å². The SMILES string of the molecule is CC1(C)c2ccccc2N(CCCCS(=O)(=O)[O-])C12C=Nc1c(c3ccccc3c3ccccc13)O2. The molecule has 6 rings (SSSR count). The van der Waals surface area contributed by atoms with Gasteiger partial charge in [0.2, 0.25) is 5.72 Å². The Balaban J connectivity index is 1.51. The monoisotopic (exact) mass is 499 g/mol. The molecule has 2 aliphatic heterocycles. The lowest BCUT2D eigenvalue weighted by atomic mass is 9.77. The number of para-hydroxylation sites is 1. The van der Waals surface area contributed by atoms with E-state index >= 15 is 0 Å². The highest BCUT2D eigenvalue weighted by Gasteiger charge is 2.59. The van der Waals surface area contributed by atoms with E-state index in [2.05, 4.69) is 55.1 Å². The van der Waals surface area contributed by atoms with Gasteiger partial charge in [0.15, 0.2) is 5.75 Å². The van der Waals surface area contributed by atoms with E-state index in [0.717, 1.165) is 44.2 Å². The quantitative estimate of drug-likeness (QED) is 0.194. The summed E-state index contributed by atoms with van der Waals surface area (Å²) in [5, 5.41) is 4.29. The number of fused-ring (bicyclic) bond motifs is 7. The molecule has 0 radical (unpaired) electrons. The number of aliphatic imine (C=N–C) groups is 1. The first-order valence-electron chi connectivity index (χ1n) is 12.2. The number of ether oxygens (including phenoxy) is 1. The van der Waals surface area contributed by atoms with Crippen molar-refractivity contribution in [2.24, 2.45) is 4.99 Å². The summed E-state index contributed by atoms with van der Waals surface area (Å²) >= 11 is 0. The molecule has 0 fully saturated rings. The Morgan fingerprint density at radius 2 is 1.47 bits per heavy atom. The van der Waals surface area contributed by atoms with Crippen molar-refractivity contribution in [1.29, 1.82) is 0 Å². The number of rotatable bonds is 5. The molecule has 184 valence electrons. The number of nitrogens with zero attached hydrogens (tertiary/aromatic N) is 2. The number of anilines is 1. The normalized spacial score (nSPS) is 20.0. The Bertz CT molecular complexity index is 1640. The van der Waals surface area contributed by atoms with Crippen LogP contribution in [0.5, 0.6) is 5.75 Å². The van der Waals surface area contributed by atoms with Crippen LogP contribution in [0.4, 0.5) is 11.4 Å². The van der Waals surface area contributed by atoms with Gasteiger partial charge in [-0.3, -0.25) is 4.99 Å². The zero-order valence-electron chi connectivity index (χ0n) is 20.3. The van der Waals surface area contributed by atoms with Crippen molar-refractivity contribution in [3.8, 4) is 5.75 Å². The van der Waals surface area contributed by atoms with Crippen molar-refractivity contribution >= 4 is 49.3 Å². The molecular weight excluding hydrogens is 472 g/mol. The lowest BCUT2D eigenvalue weighted by molar-refractivity contribution is 0.0792. The predicted molar refractivity (Wildman–Crippen MR) is 144 cm³/mol. The van der Waals surface area contributed by atoms with E-state index in [0.29, 0.717) is 19.4 Å². The number of hydrogen-bond acceptors (Lipinski definition) is 6. The maximum Gasteiger partial charge on any atom is 0.228 e. The Morgan fingerprint density at radius 1 is 0.861 bits per heavy atom. The Hall–Kier alpha value is -3.42. The van der Waals surface area contributed by atoms with Gasteiger partial charge in [-0.1, -0.05) is 66.7 Å². The molecule has 2 heterocycles. The summed E-state index contributed by atoms with van der Waals surface area (Å²) in [6, 6.07) is 24.7. The fraction of sp³-hybridized carbons (Fsp3) is 0.276. The van der Waals surface area contributed by atoms with Crippen LogP contribution in [0.1, 0.15) is 32.3 Å². The van der Waals surface area contributed by atoms with Crippen molar-refractivity contribution in [2.75, 3.05) is 17.2 Å². The van der Waals surface area contributed by atoms with Gasteiger partial charge < -0.3 is 14.2 Å². The Labute approximate surface area is 211 Å². The summed E-state index contributed by atoms with van der Waals surface area (Å²) < 4.78 is 40.6. The van der Waals surface area contributed by atoms with Crippen molar-refractivity contribution in [3.63, 3.8) is 0 Å². The van der Waals surface area contributed by atoms with Crippen LogP contribution < -0.4 is 9.64 Å². The van der Waals surface area contributed by atoms with Gasteiger partial charge in [0.1, 0.15) is 5.69 Å². The molecule has 4 aromatic carbocycles. The lowest BCUT2D eigenvalue weighted by Crippen LogP contribution is -2.62. The average molecular weight is 500 g/mol. The van der Waals surface area contributed by atoms with E-state index < -0.39 is 21.3 Å². The maximum absolute atomic E-state index is 11.2. The van der Waals surface area contributed by atoms with Crippen LogP contribution in [0.25, 0.3) is 21.5 Å². The molecule has 0 saturated carbocycles. The number of unbranched alkanes of at least 4 members (excludes halogenated alkanes) is 1. The van der Waals surface area contributed by atoms with Crippen molar-refractivity contribution in [1.82, 2.24) is 0 Å². The third-order valence-electron chi connectivity index (χ3n) is 7.68. The van der Waals surface area contributed by atoms with Crippen molar-refractivity contribution in [3.05, 3.63) is 78.4 Å². The highest BCUT2D eigenvalue weighted by Crippen LogP contribution is 2.56. The topological polar surface area (TPSA) is 82.0 Å². The van der Waals surface area contributed by atoms with Gasteiger partial charge in [0, 0.05) is 28.8 Å². The minimum absolute atomic E-state index is 0.294. The fourth-order valence-electron chi connectivity index (χ4n) is 5.85. The highest BCUT2D eigenvalue weighted by molar-refractivity contribution is 7.85. The minimum Gasteiger partial charge on any atom is -0.748 e. The first-order chi connectivity index (χ1) is 17.2. The zero-order valence-corrected chi connectivity index (χ0v) is 21.1. The van der Waals surface area contributed by atoms with E-state index in [1.165, 1.54) is 0 Å². The zero-order chi connectivity index (χ0) is 25.1. The van der Waals surface area contributed by atoms with Gasteiger partial charge in [-0.15, -0.1) is 0 Å². The molecule has 4 aromatic rings. The summed E-state index contributed by atoms with van der Waals surface area (Å²) in [4.78, 5) is 7.26. The molecule has 7 heteroatoms. The molecule has 0 saturated heterocycles. The van der Waals surface area contributed by atoms with E-state index in [1.54, 1.807) is 0 Å². The molecule has 1 spiro atoms. The maximum atomic E-state index is 11.2. The average Bonchev–Trinajstić information content (AvgIpc) is 3.04. The first-order valence-corrected chi connectivity index (χ1v) is 13.8. The molecule has 0 bridgehead atoms. The standard InChI is InChI=1S/C29H28N2O4S/c1-28(2)24-15-7-8-16-25(24)31(17-9-10-18-36(32,33)34)29(28)19-30-26-22-13-5-3-11-20(22)21-12-4-6-14-23(21)27(26)35-29/h3-8,11-16,19H,9-10,17-18H2,1-2H3,(H,32,33,34)/p-1. The molecule has 0 aliphatic carbocycles. The first kappa shape index (κ1) is 23.0. The van der Waals surface area contributed by atoms with Crippen LogP contribution in [0.15, 0.2) is 77.8 Å². The molecule has 6 nitrogen and oxygen atoms in total. The van der Waals surface area contributed by atoms with Crippen LogP contribution in [0.2, 0.25) is 0 Å². The van der Waals surface area contributed by atoms with Gasteiger partial charge in [-0.2, -0.15) is 0 Å². The van der Waals surface area contributed by atoms with Crippen LogP contribution in [-0.4, -0.2) is 37.2 Å². The van der Waals surface area contributed by atoms with E-state index in [1.807, 2.05) is 42.6 Å². The van der Waals surface area contributed by atoms with Crippen LogP contribution in [0, 0.1) is 0 Å². The molecular formula is C29H27N2O4S-. The largest absolute Gasteiger partial charge is 0.748 e. The molecule has 1 atom stereocenters. The van der Waals surface area contributed by atoms with E-state index in [-0.39, 0.29) is 5.75 Å². The second kappa shape index (κ2) is 8.05. The second-order valence-corrected chi connectivity index (χ2v) is 11.6. The summed E-state index contributed by atoms with van der Waals surface area (Å²) in [6.45, 7) is 4.85. The van der Waals surface area contributed by atoms with Crippen LogP contribution in [0.3, 0.4) is 0 Å².